The molecule has 19 heavy (non-hydrogen) atoms. The molecule has 1 aromatic rings. The van der Waals surface area contributed by atoms with Crippen LogP contribution >= 0.6 is 0 Å². The van der Waals surface area contributed by atoms with Gasteiger partial charge in [0.05, 0.1) is 20.1 Å². The lowest BCUT2D eigenvalue weighted by atomic mass is 9.94. The molecule has 102 valence electrons. The average Bonchev–Trinajstić information content (AvgIpc) is 2.81. The Bertz CT molecular complexity index is 482. The summed E-state index contributed by atoms with van der Waals surface area (Å²) in [5, 5.41) is 0. The first kappa shape index (κ1) is 13.4. The van der Waals surface area contributed by atoms with Gasteiger partial charge in [0.15, 0.2) is 0 Å². The standard InChI is InChI=1S/C14H16O5/c1-3-18-14(16)10-8-12(15)19-13(10)9-6-4-5-7-11(9)17-2/h4-7,10,13H,3,8H2,1-2H3/t10-,13?/m0/s1. The van der Waals surface area contributed by atoms with E-state index in [1.54, 1.807) is 19.1 Å². The highest BCUT2D eigenvalue weighted by atomic mass is 16.6. The molecule has 0 amide bonds. The van der Waals surface area contributed by atoms with E-state index in [4.69, 9.17) is 14.2 Å². The summed E-state index contributed by atoms with van der Waals surface area (Å²) in [6.45, 7) is 2.01. The molecule has 5 nitrogen and oxygen atoms in total. The Hall–Kier alpha value is -2.04. The number of benzene rings is 1. The van der Waals surface area contributed by atoms with Crippen LogP contribution in [0.3, 0.4) is 0 Å². The highest BCUT2D eigenvalue weighted by molar-refractivity contribution is 5.84. The fourth-order valence-electron chi connectivity index (χ4n) is 2.20. The molecule has 5 heteroatoms. The van der Waals surface area contributed by atoms with Gasteiger partial charge in [-0.15, -0.1) is 0 Å². The van der Waals surface area contributed by atoms with Gasteiger partial charge in [0.2, 0.25) is 0 Å². The molecule has 0 saturated carbocycles. The van der Waals surface area contributed by atoms with E-state index < -0.39 is 24.0 Å². The van der Waals surface area contributed by atoms with Gasteiger partial charge < -0.3 is 14.2 Å². The van der Waals surface area contributed by atoms with E-state index >= 15 is 0 Å². The normalized spacial score (nSPS) is 21.9. The highest BCUT2D eigenvalue weighted by Crippen LogP contribution is 2.40. The first-order chi connectivity index (χ1) is 9.17. The zero-order chi connectivity index (χ0) is 13.8. The minimum absolute atomic E-state index is 0.0432. The fourth-order valence-corrected chi connectivity index (χ4v) is 2.20. The second-order valence-corrected chi connectivity index (χ2v) is 4.22. The number of hydrogen-bond donors (Lipinski definition) is 0. The molecule has 1 saturated heterocycles. The van der Waals surface area contributed by atoms with Gasteiger partial charge >= 0.3 is 11.9 Å². The van der Waals surface area contributed by atoms with Crippen LogP contribution in [0.1, 0.15) is 25.0 Å². The van der Waals surface area contributed by atoms with Gasteiger partial charge in [-0.05, 0) is 13.0 Å². The Labute approximate surface area is 111 Å². The van der Waals surface area contributed by atoms with Crippen LogP contribution in [0.15, 0.2) is 24.3 Å². The Morgan fingerprint density at radius 3 is 2.84 bits per heavy atom. The van der Waals surface area contributed by atoms with Crippen LogP contribution in [-0.4, -0.2) is 25.7 Å². The third-order valence-corrected chi connectivity index (χ3v) is 3.05. The van der Waals surface area contributed by atoms with Crippen molar-refractivity contribution in [2.24, 2.45) is 5.92 Å². The number of carbonyl (C=O) groups is 2. The van der Waals surface area contributed by atoms with Crippen LogP contribution in [0.4, 0.5) is 0 Å². The van der Waals surface area contributed by atoms with Crippen LogP contribution in [-0.2, 0) is 19.1 Å². The number of ether oxygens (including phenoxy) is 3. The van der Waals surface area contributed by atoms with E-state index in [9.17, 15) is 9.59 Å². The predicted molar refractivity (Wildman–Crippen MR) is 66.6 cm³/mol. The van der Waals surface area contributed by atoms with Crippen LogP contribution in [0.25, 0.3) is 0 Å². The summed E-state index contributed by atoms with van der Waals surface area (Å²) in [7, 11) is 1.54. The summed E-state index contributed by atoms with van der Waals surface area (Å²) in [4.78, 5) is 23.4. The van der Waals surface area contributed by atoms with Crippen molar-refractivity contribution in [3.05, 3.63) is 29.8 Å². The van der Waals surface area contributed by atoms with Crippen molar-refractivity contribution in [3.8, 4) is 5.75 Å². The Balaban J connectivity index is 2.30. The minimum Gasteiger partial charge on any atom is -0.496 e. The lowest BCUT2D eigenvalue weighted by Crippen LogP contribution is -2.21. The molecule has 0 N–H and O–H groups in total. The molecule has 1 unspecified atom stereocenters. The Morgan fingerprint density at radius 2 is 2.16 bits per heavy atom. The quantitative estimate of drug-likeness (QED) is 0.777. The number of rotatable bonds is 4. The molecule has 0 radical (unpaired) electrons. The summed E-state index contributed by atoms with van der Waals surface area (Å²) in [5.41, 5.74) is 0.689. The van der Waals surface area contributed by atoms with E-state index in [0.717, 1.165) is 0 Å². The van der Waals surface area contributed by atoms with Crippen molar-refractivity contribution in [1.29, 1.82) is 0 Å². The van der Waals surface area contributed by atoms with E-state index in [0.29, 0.717) is 11.3 Å². The second kappa shape index (κ2) is 5.73. The zero-order valence-corrected chi connectivity index (χ0v) is 10.9. The smallest absolute Gasteiger partial charge is 0.313 e. The van der Waals surface area contributed by atoms with Gasteiger partial charge in [0.1, 0.15) is 17.8 Å². The van der Waals surface area contributed by atoms with Crippen molar-refractivity contribution in [3.63, 3.8) is 0 Å². The maximum absolute atomic E-state index is 11.9. The summed E-state index contributed by atoms with van der Waals surface area (Å²) in [6, 6.07) is 7.18. The first-order valence-corrected chi connectivity index (χ1v) is 6.16. The van der Waals surface area contributed by atoms with Crippen LogP contribution in [0.5, 0.6) is 5.75 Å². The molecule has 0 aliphatic carbocycles. The van der Waals surface area contributed by atoms with Crippen molar-refractivity contribution >= 4 is 11.9 Å². The van der Waals surface area contributed by atoms with Gasteiger partial charge in [-0.3, -0.25) is 9.59 Å². The lowest BCUT2D eigenvalue weighted by molar-refractivity contribution is -0.150. The third-order valence-electron chi connectivity index (χ3n) is 3.05. The maximum atomic E-state index is 11.9. The Morgan fingerprint density at radius 1 is 1.42 bits per heavy atom. The number of methoxy groups -OCH3 is 1. The number of hydrogen-bond acceptors (Lipinski definition) is 5. The summed E-state index contributed by atoms with van der Waals surface area (Å²) >= 11 is 0. The van der Waals surface area contributed by atoms with E-state index in [1.807, 2.05) is 12.1 Å². The lowest BCUT2D eigenvalue weighted by Gasteiger charge is -2.18. The molecule has 1 heterocycles. The SMILES string of the molecule is CCOC(=O)[C@H]1CC(=O)OC1c1ccccc1OC. The van der Waals surface area contributed by atoms with E-state index in [1.165, 1.54) is 7.11 Å². The van der Waals surface area contributed by atoms with E-state index in [-0.39, 0.29) is 13.0 Å². The number of carbonyl (C=O) groups excluding carboxylic acids is 2. The van der Waals surface area contributed by atoms with Crippen molar-refractivity contribution < 1.29 is 23.8 Å². The van der Waals surface area contributed by atoms with Crippen LogP contribution < -0.4 is 4.74 Å². The topological polar surface area (TPSA) is 61.8 Å². The van der Waals surface area contributed by atoms with Gasteiger partial charge in [-0.1, -0.05) is 18.2 Å². The third kappa shape index (κ3) is 2.70. The minimum atomic E-state index is -0.636. The summed E-state index contributed by atoms with van der Waals surface area (Å²) in [5.74, 6) is -0.821. The van der Waals surface area contributed by atoms with Crippen molar-refractivity contribution in [2.45, 2.75) is 19.4 Å². The van der Waals surface area contributed by atoms with Crippen molar-refractivity contribution in [1.82, 2.24) is 0 Å². The summed E-state index contributed by atoms with van der Waals surface area (Å²) in [6.07, 6.45) is -0.593. The molecule has 2 atom stereocenters. The fraction of sp³-hybridized carbons (Fsp3) is 0.429. The molecule has 1 aromatic carbocycles. The maximum Gasteiger partial charge on any atom is 0.313 e. The van der Waals surface area contributed by atoms with Crippen LogP contribution in [0, 0.1) is 5.92 Å². The summed E-state index contributed by atoms with van der Waals surface area (Å²) < 4.78 is 15.5. The predicted octanol–water partition coefficient (Wildman–Crippen LogP) is 1.86. The molecule has 1 aliphatic rings. The molecule has 0 bridgehead atoms. The largest absolute Gasteiger partial charge is 0.496 e. The monoisotopic (exact) mass is 264 g/mol. The molecule has 0 aromatic heterocycles. The molecular weight excluding hydrogens is 248 g/mol. The molecule has 1 aliphatic heterocycles. The van der Waals surface area contributed by atoms with Gasteiger partial charge in [0.25, 0.3) is 0 Å². The number of esters is 2. The zero-order valence-electron chi connectivity index (χ0n) is 10.9. The second-order valence-electron chi connectivity index (χ2n) is 4.22. The highest BCUT2D eigenvalue weighted by Gasteiger charge is 2.42. The molecular formula is C14H16O5. The average molecular weight is 264 g/mol. The van der Waals surface area contributed by atoms with Gasteiger partial charge in [-0.2, -0.15) is 0 Å². The van der Waals surface area contributed by atoms with Crippen LogP contribution in [0.2, 0.25) is 0 Å². The molecule has 0 spiro atoms. The molecule has 1 fully saturated rings. The number of cyclic esters (lactones) is 1. The van der Waals surface area contributed by atoms with Gasteiger partial charge in [0, 0.05) is 5.56 Å². The first-order valence-electron chi connectivity index (χ1n) is 6.16. The Kier molecular flexibility index (Phi) is 4.04. The number of para-hydroxylation sites is 1. The van der Waals surface area contributed by atoms with Gasteiger partial charge in [-0.25, -0.2) is 0 Å². The van der Waals surface area contributed by atoms with Crippen molar-refractivity contribution in [2.75, 3.05) is 13.7 Å². The van der Waals surface area contributed by atoms with E-state index in [2.05, 4.69) is 0 Å². The molecule has 2 rings (SSSR count).